The van der Waals surface area contributed by atoms with Crippen molar-refractivity contribution in [2.24, 2.45) is 0 Å². The summed E-state index contributed by atoms with van der Waals surface area (Å²) in [5, 5.41) is 6.22. The van der Waals surface area contributed by atoms with Crippen LogP contribution >= 0.6 is 11.6 Å². The van der Waals surface area contributed by atoms with Gasteiger partial charge >= 0.3 is 0 Å². The molecule has 0 bridgehead atoms. The number of aromatic amines is 1. The van der Waals surface area contributed by atoms with Crippen molar-refractivity contribution >= 4 is 27.3 Å². The van der Waals surface area contributed by atoms with Crippen molar-refractivity contribution in [3.63, 3.8) is 0 Å². The highest BCUT2D eigenvalue weighted by Crippen LogP contribution is 2.23. The summed E-state index contributed by atoms with van der Waals surface area (Å²) < 4.78 is 26.3. The molecule has 9 heteroatoms. The number of aromatic nitrogens is 3. The predicted molar refractivity (Wildman–Crippen MR) is 66.3 cm³/mol. The van der Waals surface area contributed by atoms with Crippen molar-refractivity contribution < 1.29 is 8.42 Å². The molecule has 2 aromatic rings. The minimum Gasteiger partial charge on any atom is -0.399 e. The smallest absolute Gasteiger partial charge is 0.242 e. The fourth-order valence-electron chi connectivity index (χ4n) is 1.29. The molecule has 1 aromatic carbocycles. The molecule has 18 heavy (non-hydrogen) atoms. The minimum atomic E-state index is -3.71. The summed E-state index contributed by atoms with van der Waals surface area (Å²) in [6.07, 6.45) is 1.29. The van der Waals surface area contributed by atoms with Crippen molar-refractivity contribution in [3.8, 4) is 0 Å². The van der Waals surface area contributed by atoms with Gasteiger partial charge in [0.1, 0.15) is 17.0 Å². The Bertz CT molecular complexity index is 641. The normalized spacial score (nSPS) is 11.6. The van der Waals surface area contributed by atoms with Gasteiger partial charge in [0.25, 0.3) is 0 Å². The molecule has 0 atom stereocenters. The second kappa shape index (κ2) is 4.92. The lowest BCUT2D eigenvalue weighted by Gasteiger charge is -2.07. The van der Waals surface area contributed by atoms with Crippen molar-refractivity contribution in [1.82, 2.24) is 19.9 Å². The molecule has 0 aliphatic carbocycles. The number of nitrogens with one attached hydrogen (secondary N) is 2. The Hall–Kier alpha value is -1.64. The number of nitrogens with two attached hydrogens (primary N) is 1. The van der Waals surface area contributed by atoms with Crippen LogP contribution < -0.4 is 10.5 Å². The van der Waals surface area contributed by atoms with Gasteiger partial charge < -0.3 is 5.73 Å². The Morgan fingerprint density at radius 3 is 2.83 bits per heavy atom. The Balaban J connectivity index is 2.20. The van der Waals surface area contributed by atoms with Gasteiger partial charge in [-0.2, -0.15) is 5.10 Å². The van der Waals surface area contributed by atoms with Crippen LogP contribution in [0.5, 0.6) is 0 Å². The number of nitrogen functional groups attached to an aromatic ring is 1. The topological polar surface area (TPSA) is 114 Å². The molecule has 0 saturated carbocycles. The van der Waals surface area contributed by atoms with Crippen LogP contribution in [0, 0.1) is 0 Å². The second-order valence-corrected chi connectivity index (χ2v) is 5.59. The number of benzene rings is 1. The van der Waals surface area contributed by atoms with Crippen molar-refractivity contribution in [2.45, 2.75) is 11.4 Å². The molecule has 0 fully saturated rings. The zero-order chi connectivity index (χ0) is 13.2. The van der Waals surface area contributed by atoms with Crippen LogP contribution in [-0.2, 0) is 16.6 Å². The van der Waals surface area contributed by atoms with Gasteiger partial charge in [0.05, 0.1) is 11.6 Å². The Morgan fingerprint density at radius 2 is 2.22 bits per heavy atom. The SMILES string of the molecule is Nc1ccc(S(=O)(=O)NCc2ncn[nH]2)c(Cl)c1. The number of nitrogens with zero attached hydrogens (tertiary/aromatic N) is 2. The maximum Gasteiger partial charge on any atom is 0.242 e. The van der Waals surface area contributed by atoms with Crippen LogP contribution in [0.1, 0.15) is 5.82 Å². The summed E-state index contributed by atoms with van der Waals surface area (Å²) >= 11 is 5.84. The lowest BCUT2D eigenvalue weighted by molar-refractivity contribution is 0.579. The number of sulfonamides is 1. The van der Waals surface area contributed by atoms with E-state index in [1.54, 1.807) is 0 Å². The highest BCUT2D eigenvalue weighted by molar-refractivity contribution is 7.89. The van der Waals surface area contributed by atoms with Gasteiger partial charge in [-0.3, -0.25) is 5.10 Å². The highest BCUT2D eigenvalue weighted by atomic mass is 35.5. The lowest BCUT2D eigenvalue weighted by atomic mass is 10.3. The fourth-order valence-corrected chi connectivity index (χ4v) is 2.83. The fraction of sp³-hybridized carbons (Fsp3) is 0.111. The van der Waals surface area contributed by atoms with E-state index < -0.39 is 10.0 Å². The third kappa shape index (κ3) is 2.78. The van der Waals surface area contributed by atoms with E-state index >= 15 is 0 Å². The minimum absolute atomic E-state index is 0.00301. The number of hydrogen-bond donors (Lipinski definition) is 3. The second-order valence-electron chi connectivity index (χ2n) is 3.45. The third-order valence-corrected chi connectivity index (χ3v) is 4.02. The number of H-pyrrole nitrogens is 1. The Kier molecular flexibility index (Phi) is 3.50. The first-order valence-electron chi connectivity index (χ1n) is 4.88. The van der Waals surface area contributed by atoms with E-state index in [4.69, 9.17) is 17.3 Å². The van der Waals surface area contributed by atoms with Crippen LogP contribution in [0.2, 0.25) is 5.02 Å². The van der Waals surface area contributed by atoms with E-state index in [0.717, 1.165) is 0 Å². The zero-order valence-corrected chi connectivity index (χ0v) is 10.7. The van der Waals surface area contributed by atoms with Gasteiger partial charge in [-0.25, -0.2) is 18.1 Å². The van der Waals surface area contributed by atoms with Crippen molar-refractivity contribution in [3.05, 3.63) is 35.4 Å². The molecule has 1 heterocycles. The molecule has 1 aromatic heterocycles. The molecule has 4 N–H and O–H groups in total. The van der Waals surface area contributed by atoms with Crippen LogP contribution in [0.15, 0.2) is 29.4 Å². The summed E-state index contributed by atoms with van der Waals surface area (Å²) in [5.74, 6) is 0.408. The first-order valence-corrected chi connectivity index (χ1v) is 6.74. The lowest BCUT2D eigenvalue weighted by Crippen LogP contribution is -2.24. The molecule has 2 rings (SSSR count). The van der Waals surface area contributed by atoms with Gasteiger partial charge in [0.15, 0.2) is 0 Å². The first-order chi connectivity index (χ1) is 8.49. The average Bonchev–Trinajstić information content (AvgIpc) is 2.78. The maximum atomic E-state index is 12.0. The number of halogens is 1. The van der Waals surface area contributed by atoms with Crippen molar-refractivity contribution in [1.29, 1.82) is 0 Å². The monoisotopic (exact) mass is 287 g/mol. The summed E-state index contributed by atoms with van der Waals surface area (Å²) in [7, 11) is -3.71. The van der Waals surface area contributed by atoms with Crippen LogP contribution in [0.4, 0.5) is 5.69 Å². The standard InChI is InChI=1S/C9H10ClN5O2S/c10-7-3-6(11)1-2-8(7)18(16,17)14-4-9-12-5-13-15-9/h1-3,5,14H,4,11H2,(H,12,13,15). The molecule has 0 unspecified atom stereocenters. The molecule has 0 spiro atoms. The number of hydrogen-bond acceptors (Lipinski definition) is 5. The van der Waals surface area contributed by atoms with Crippen LogP contribution in [-0.4, -0.2) is 23.6 Å². The molecule has 7 nitrogen and oxygen atoms in total. The molecule has 0 amide bonds. The molecule has 96 valence electrons. The predicted octanol–water partition coefficient (Wildman–Crippen LogP) is 0.519. The molecular weight excluding hydrogens is 278 g/mol. The van der Waals surface area contributed by atoms with E-state index in [1.807, 2.05) is 0 Å². The van der Waals surface area contributed by atoms with Gasteiger partial charge in [-0.05, 0) is 18.2 Å². The van der Waals surface area contributed by atoms with E-state index in [0.29, 0.717) is 11.5 Å². The zero-order valence-electron chi connectivity index (χ0n) is 9.09. The number of anilines is 1. The van der Waals surface area contributed by atoms with Crippen LogP contribution in [0.25, 0.3) is 0 Å². The summed E-state index contributed by atoms with van der Waals surface area (Å²) in [5.41, 5.74) is 5.90. The summed E-state index contributed by atoms with van der Waals surface area (Å²) in [6.45, 7) is 0.00301. The Labute approximate surface area is 108 Å². The third-order valence-electron chi connectivity index (χ3n) is 2.14. The van der Waals surface area contributed by atoms with E-state index in [2.05, 4.69) is 19.9 Å². The van der Waals surface area contributed by atoms with E-state index in [-0.39, 0.29) is 16.5 Å². The van der Waals surface area contributed by atoms with Gasteiger partial charge in [0, 0.05) is 5.69 Å². The first kappa shape index (κ1) is 12.8. The molecule has 0 aliphatic rings. The Morgan fingerprint density at radius 1 is 1.44 bits per heavy atom. The largest absolute Gasteiger partial charge is 0.399 e. The molecule has 0 saturated heterocycles. The molecule has 0 aliphatic heterocycles. The van der Waals surface area contributed by atoms with Gasteiger partial charge in [-0.15, -0.1) is 0 Å². The van der Waals surface area contributed by atoms with Gasteiger partial charge in [-0.1, -0.05) is 11.6 Å². The molecular formula is C9H10ClN5O2S. The van der Waals surface area contributed by atoms with Crippen LogP contribution in [0.3, 0.4) is 0 Å². The number of rotatable bonds is 4. The van der Waals surface area contributed by atoms with E-state index in [9.17, 15) is 8.42 Å². The summed E-state index contributed by atoms with van der Waals surface area (Å²) in [4.78, 5) is 3.77. The maximum absolute atomic E-state index is 12.0. The average molecular weight is 288 g/mol. The van der Waals surface area contributed by atoms with Gasteiger partial charge in [0.2, 0.25) is 10.0 Å². The molecule has 0 radical (unpaired) electrons. The van der Waals surface area contributed by atoms with Crippen molar-refractivity contribution in [2.75, 3.05) is 5.73 Å². The quantitative estimate of drug-likeness (QED) is 0.709. The summed E-state index contributed by atoms with van der Waals surface area (Å²) in [6, 6.07) is 4.19. The van der Waals surface area contributed by atoms with E-state index in [1.165, 1.54) is 24.5 Å². The highest BCUT2D eigenvalue weighted by Gasteiger charge is 2.18.